The second kappa shape index (κ2) is 10.0. The van der Waals surface area contributed by atoms with Crippen molar-refractivity contribution in [2.45, 2.75) is 45.8 Å². The Morgan fingerprint density at radius 3 is 2.00 bits per heavy atom. The van der Waals surface area contributed by atoms with Gasteiger partial charge in [0.25, 0.3) is 0 Å². The van der Waals surface area contributed by atoms with Crippen LogP contribution < -0.4 is 0 Å². The molecule has 0 aliphatic heterocycles. The molecule has 0 aromatic heterocycles. The van der Waals surface area contributed by atoms with Crippen molar-refractivity contribution < 1.29 is 19.1 Å². The van der Waals surface area contributed by atoms with E-state index >= 15 is 0 Å². The maximum absolute atomic E-state index is 12.6. The zero-order valence-electron chi connectivity index (χ0n) is 16.3. The number of Topliss-reactive ketones (excluding diaryl/α,β-unsaturated/α-hetero) is 1. The van der Waals surface area contributed by atoms with Gasteiger partial charge in [-0.1, -0.05) is 60.7 Å². The van der Waals surface area contributed by atoms with Gasteiger partial charge in [-0.05, 0) is 38.3 Å². The minimum atomic E-state index is -0.584. The number of ether oxygens (including phenoxy) is 2. The van der Waals surface area contributed by atoms with E-state index in [0.29, 0.717) is 13.0 Å². The van der Waals surface area contributed by atoms with Gasteiger partial charge in [0.1, 0.15) is 12.2 Å². The van der Waals surface area contributed by atoms with Gasteiger partial charge in [-0.3, -0.25) is 9.59 Å². The Morgan fingerprint density at radius 2 is 1.44 bits per heavy atom. The largest absolute Gasteiger partial charge is 0.460 e. The number of rotatable bonds is 9. The fourth-order valence-corrected chi connectivity index (χ4v) is 2.71. The van der Waals surface area contributed by atoms with E-state index in [1.54, 1.807) is 0 Å². The van der Waals surface area contributed by atoms with Crippen LogP contribution >= 0.6 is 0 Å². The lowest BCUT2D eigenvalue weighted by Crippen LogP contribution is -2.31. The smallest absolute Gasteiger partial charge is 0.310 e. The van der Waals surface area contributed by atoms with Crippen molar-refractivity contribution in [2.75, 3.05) is 6.61 Å². The van der Waals surface area contributed by atoms with Gasteiger partial charge in [0.05, 0.1) is 12.5 Å². The molecule has 1 atom stereocenters. The summed E-state index contributed by atoms with van der Waals surface area (Å²) in [4.78, 5) is 24.9. The van der Waals surface area contributed by atoms with Gasteiger partial charge in [-0.2, -0.15) is 0 Å². The Kier molecular flexibility index (Phi) is 7.74. The third-order valence-corrected chi connectivity index (χ3v) is 3.91. The van der Waals surface area contributed by atoms with Crippen LogP contribution in [0.25, 0.3) is 0 Å². The molecule has 0 amide bonds. The molecule has 0 spiro atoms. The molecule has 0 aliphatic carbocycles. The minimum absolute atomic E-state index is 0.0109. The average molecular weight is 368 g/mol. The minimum Gasteiger partial charge on any atom is -0.460 e. The van der Waals surface area contributed by atoms with Gasteiger partial charge in [0.15, 0.2) is 5.78 Å². The van der Waals surface area contributed by atoms with Crippen LogP contribution in [0.2, 0.25) is 0 Å². The van der Waals surface area contributed by atoms with Crippen molar-refractivity contribution in [3.05, 3.63) is 71.8 Å². The molecule has 4 heteroatoms. The van der Waals surface area contributed by atoms with E-state index < -0.39 is 11.5 Å². The molecule has 2 aromatic rings. The quantitative estimate of drug-likeness (QED) is 0.617. The second-order valence-electron chi connectivity index (χ2n) is 7.64. The van der Waals surface area contributed by atoms with Crippen molar-refractivity contribution in [3.63, 3.8) is 0 Å². The first-order valence-electron chi connectivity index (χ1n) is 9.23. The summed E-state index contributed by atoms with van der Waals surface area (Å²) in [5.41, 5.74) is 1.43. The predicted molar refractivity (Wildman–Crippen MR) is 105 cm³/mol. The molecule has 0 saturated carbocycles. The Hall–Kier alpha value is -2.46. The van der Waals surface area contributed by atoms with E-state index in [-0.39, 0.29) is 24.8 Å². The molecule has 0 heterocycles. The third kappa shape index (κ3) is 8.18. The zero-order chi connectivity index (χ0) is 19.7. The van der Waals surface area contributed by atoms with Crippen molar-refractivity contribution in [3.8, 4) is 0 Å². The van der Waals surface area contributed by atoms with E-state index in [2.05, 4.69) is 0 Å². The summed E-state index contributed by atoms with van der Waals surface area (Å²) in [7, 11) is 0. The van der Waals surface area contributed by atoms with E-state index in [1.807, 2.05) is 81.4 Å². The topological polar surface area (TPSA) is 52.6 Å². The lowest BCUT2D eigenvalue weighted by atomic mass is 9.94. The predicted octanol–water partition coefficient (Wildman–Crippen LogP) is 4.36. The first-order chi connectivity index (χ1) is 12.8. The number of ketones is 1. The SMILES string of the molecule is CC(C)(C)OC(=O)C(CC(=O)COCc1ccccc1)Cc1ccccc1. The number of hydrogen-bond acceptors (Lipinski definition) is 4. The fourth-order valence-electron chi connectivity index (χ4n) is 2.71. The van der Waals surface area contributed by atoms with Crippen LogP contribution in [0.5, 0.6) is 0 Å². The molecule has 27 heavy (non-hydrogen) atoms. The van der Waals surface area contributed by atoms with E-state index in [4.69, 9.17) is 9.47 Å². The highest BCUT2D eigenvalue weighted by atomic mass is 16.6. The Labute approximate surface area is 161 Å². The molecule has 0 radical (unpaired) electrons. The Morgan fingerprint density at radius 1 is 0.889 bits per heavy atom. The lowest BCUT2D eigenvalue weighted by Gasteiger charge is -2.24. The molecule has 0 N–H and O–H groups in total. The van der Waals surface area contributed by atoms with Gasteiger partial charge in [-0.25, -0.2) is 0 Å². The van der Waals surface area contributed by atoms with Gasteiger partial charge in [-0.15, -0.1) is 0 Å². The van der Waals surface area contributed by atoms with E-state index in [1.165, 1.54) is 0 Å². The Bertz CT molecular complexity index is 717. The van der Waals surface area contributed by atoms with Crippen molar-refractivity contribution >= 4 is 11.8 Å². The monoisotopic (exact) mass is 368 g/mol. The first-order valence-corrected chi connectivity index (χ1v) is 9.23. The van der Waals surface area contributed by atoms with Crippen LogP contribution in [0.1, 0.15) is 38.3 Å². The van der Waals surface area contributed by atoms with E-state index in [9.17, 15) is 9.59 Å². The van der Waals surface area contributed by atoms with Crippen molar-refractivity contribution in [1.29, 1.82) is 0 Å². The molecule has 1 unspecified atom stereocenters. The zero-order valence-corrected chi connectivity index (χ0v) is 16.3. The first kappa shape index (κ1) is 20.8. The molecule has 144 valence electrons. The third-order valence-electron chi connectivity index (χ3n) is 3.91. The van der Waals surface area contributed by atoms with Crippen LogP contribution in [0.3, 0.4) is 0 Å². The lowest BCUT2D eigenvalue weighted by molar-refractivity contribution is -0.161. The molecule has 0 aliphatic rings. The molecule has 0 bridgehead atoms. The average Bonchev–Trinajstić information content (AvgIpc) is 2.61. The van der Waals surface area contributed by atoms with Crippen molar-refractivity contribution in [2.24, 2.45) is 5.92 Å². The van der Waals surface area contributed by atoms with Crippen LogP contribution in [0.4, 0.5) is 0 Å². The van der Waals surface area contributed by atoms with Crippen LogP contribution in [-0.4, -0.2) is 24.0 Å². The van der Waals surface area contributed by atoms with Crippen LogP contribution in [-0.2, 0) is 32.1 Å². The summed E-state index contributed by atoms with van der Waals surface area (Å²) in [6, 6.07) is 19.4. The summed E-state index contributed by atoms with van der Waals surface area (Å²) in [5.74, 6) is -0.958. The highest BCUT2D eigenvalue weighted by Gasteiger charge is 2.27. The van der Waals surface area contributed by atoms with Gasteiger partial charge in [0, 0.05) is 6.42 Å². The number of hydrogen-bond donors (Lipinski definition) is 0. The maximum atomic E-state index is 12.6. The highest BCUT2D eigenvalue weighted by molar-refractivity contribution is 5.85. The van der Waals surface area contributed by atoms with Crippen LogP contribution in [0.15, 0.2) is 60.7 Å². The fraction of sp³-hybridized carbons (Fsp3) is 0.391. The summed E-state index contributed by atoms with van der Waals surface area (Å²) >= 11 is 0. The normalized spacial score (nSPS) is 12.4. The van der Waals surface area contributed by atoms with E-state index in [0.717, 1.165) is 11.1 Å². The molecule has 2 aromatic carbocycles. The number of benzene rings is 2. The summed E-state index contributed by atoms with van der Waals surface area (Å²) in [6.07, 6.45) is 0.582. The van der Waals surface area contributed by atoms with Gasteiger partial charge in [0.2, 0.25) is 0 Å². The molecule has 4 nitrogen and oxygen atoms in total. The number of carbonyl (C=O) groups excluding carboxylic acids is 2. The molecule has 2 rings (SSSR count). The highest BCUT2D eigenvalue weighted by Crippen LogP contribution is 2.19. The van der Waals surface area contributed by atoms with Gasteiger partial charge >= 0.3 is 5.97 Å². The summed E-state index contributed by atoms with van der Waals surface area (Å²) in [6.45, 7) is 5.85. The molecule has 0 fully saturated rings. The molecular weight excluding hydrogens is 340 g/mol. The maximum Gasteiger partial charge on any atom is 0.310 e. The summed E-state index contributed by atoms with van der Waals surface area (Å²) < 4.78 is 11.0. The number of carbonyl (C=O) groups is 2. The number of esters is 1. The van der Waals surface area contributed by atoms with Gasteiger partial charge < -0.3 is 9.47 Å². The van der Waals surface area contributed by atoms with Crippen molar-refractivity contribution in [1.82, 2.24) is 0 Å². The van der Waals surface area contributed by atoms with Crippen LogP contribution in [0, 0.1) is 5.92 Å². The second-order valence-corrected chi connectivity index (χ2v) is 7.64. The summed E-state index contributed by atoms with van der Waals surface area (Å²) in [5, 5.41) is 0. The molecule has 0 saturated heterocycles. The Balaban J connectivity index is 1.93. The molecular formula is C23H28O4. The standard InChI is InChI=1S/C23H28O4/c1-23(2,3)27-22(25)20(14-18-10-6-4-7-11-18)15-21(24)17-26-16-19-12-8-5-9-13-19/h4-13,20H,14-17H2,1-3H3.